The molecule has 0 saturated heterocycles. The maximum Gasteiger partial charge on any atom is 0.171 e. The number of hydrogen-bond acceptors (Lipinski definition) is 4. The van der Waals surface area contributed by atoms with Gasteiger partial charge in [-0.3, -0.25) is 0 Å². The topological polar surface area (TPSA) is 67.7 Å². The number of aromatic nitrogens is 4. The summed E-state index contributed by atoms with van der Waals surface area (Å²) in [6, 6.07) is 8.43. The normalized spacial score (nSPS) is 26.1. The summed E-state index contributed by atoms with van der Waals surface area (Å²) in [4.78, 5) is 0. The van der Waals surface area contributed by atoms with Crippen molar-refractivity contribution in [2.24, 2.45) is 11.8 Å². The number of tetrazole rings is 1. The van der Waals surface area contributed by atoms with Crippen molar-refractivity contribution in [1.29, 1.82) is 0 Å². The largest absolute Gasteiger partial charge is 0.359 e. The number of anilines is 1. The van der Waals surface area contributed by atoms with Crippen LogP contribution in [0, 0.1) is 11.8 Å². The van der Waals surface area contributed by atoms with Crippen LogP contribution in [0.5, 0.6) is 0 Å². The van der Waals surface area contributed by atoms with Crippen LogP contribution in [0.15, 0.2) is 30.6 Å². The molecule has 2 N–H and O–H groups in total. The average molecular weight is 314 g/mol. The molecule has 1 aromatic heterocycles. The summed E-state index contributed by atoms with van der Waals surface area (Å²) in [5.74, 6) is 1.73. The third kappa shape index (κ3) is 2.68. The number of fused-ring (bicyclic) bond motifs is 2. The predicted molar refractivity (Wildman–Crippen MR) is 87.7 cm³/mol. The van der Waals surface area contributed by atoms with Gasteiger partial charge in [0, 0.05) is 11.7 Å². The second kappa shape index (κ2) is 5.64. The van der Waals surface area contributed by atoms with E-state index in [0.717, 1.165) is 23.2 Å². The van der Waals surface area contributed by atoms with E-state index in [0.29, 0.717) is 11.2 Å². The van der Waals surface area contributed by atoms with Crippen molar-refractivity contribution in [2.45, 2.75) is 31.7 Å². The van der Waals surface area contributed by atoms with E-state index >= 15 is 0 Å². The minimum absolute atomic E-state index is 0.555. The molecule has 4 rings (SSSR count). The van der Waals surface area contributed by atoms with E-state index in [9.17, 15) is 0 Å². The first-order valence-corrected chi connectivity index (χ1v) is 8.10. The number of thiocarbonyl (C=S) groups is 1. The quantitative estimate of drug-likeness (QED) is 0.846. The molecule has 2 aliphatic carbocycles. The van der Waals surface area contributed by atoms with Gasteiger partial charge < -0.3 is 10.6 Å². The van der Waals surface area contributed by atoms with Gasteiger partial charge in [-0.15, -0.1) is 5.10 Å². The zero-order chi connectivity index (χ0) is 14.9. The Kier molecular flexibility index (Phi) is 3.49. The van der Waals surface area contributed by atoms with E-state index in [4.69, 9.17) is 12.2 Å². The van der Waals surface area contributed by atoms with Gasteiger partial charge in [-0.25, -0.2) is 4.68 Å². The summed E-state index contributed by atoms with van der Waals surface area (Å²) in [5.41, 5.74) is 1.89. The first-order valence-electron chi connectivity index (χ1n) is 7.69. The van der Waals surface area contributed by atoms with Gasteiger partial charge in [0.25, 0.3) is 0 Å². The zero-order valence-electron chi connectivity index (χ0n) is 12.1. The summed E-state index contributed by atoms with van der Waals surface area (Å²) in [6.45, 7) is 0. The fourth-order valence-corrected chi connectivity index (χ4v) is 4.00. The monoisotopic (exact) mass is 314 g/mol. The molecule has 0 spiro atoms. The Morgan fingerprint density at radius 1 is 1.18 bits per heavy atom. The first-order chi connectivity index (χ1) is 10.8. The SMILES string of the molecule is S=C(Nc1ccc(-n2cnnn2)cc1)N[C@@H]1C[C@H]2CC[C@@H]1C2. The lowest BCUT2D eigenvalue weighted by Crippen LogP contribution is -2.40. The molecule has 114 valence electrons. The summed E-state index contributed by atoms with van der Waals surface area (Å²) >= 11 is 5.44. The molecule has 1 aromatic carbocycles. The first kappa shape index (κ1) is 13.6. The third-order valence-corrected chi connectivity index (χ3v) is 5.01. The molecule has 0 amide bonds. The Morgan fingerprint density at radius 3 is 2.68 bits per heavy atom. The number of nitrogens with one attached hydrogen (secondary N) is 2. The fraction of sp³-hybridized carbons (Fsp3) is 0.467. The van der Waals surface area contributed by atoms with Crippen molar-refractivity contribution >= 4 is 23.0 Å². The molecule has 22 heavy (non-hydrogen) atoms. The highest BCUT2D eigenvalue weighted by molar-refractivity contribution is 7.80. The number of benzene rings is 1. The van der Waals surface area contributed by atoms with Gasteiger partial charge in [-0.05, 0) is 78.0 Å². The molecule has 6 nitrogen and oxygen atoms in total. The van der Waals surface area contributed by atoms with Gasteiger partial charge in [0.1, 0.15) is 6.33 Å². The van der Waals surface area contributed by atoms with Crippen molar-refractivity contribution in [1.82, 2.24) is 25.5 Å². The average Bonchev–Trinajstić information content (AvgIpc) is 3.25. The second-order valence-electron chi connectivity index (χ2n) is 6.18. The van der Waals surface area contributed by atoms with Crippen LogP contribution in [0.25, 0.3) is 5.69 Å². The molecule has 3 atom stereocenters. The van der Waals surface area contributed by atoms with E-state index in [1.165, 1.54) is 25.7 Å². The predicted octanol–water partition coefficient (Wildman–Crippen LogP) is 2.14. The molecule has 2 bridgehead atoms. The van der Waals surface area contributed by atoms with Crippen LogP contribution >= 0.6 is 12.2 Å². The Balaban J connectivity index is 1.35. The molecule has 0 aliphatic heterocycles. The molecule has 2 fully saturated rings. The fourth-order valence-electron chi connectivity index (χ4n) is 3.73. The maximum absolute atomic E-state index is 5.44. The van der Waals surface area contributed by atoms with Gasteiger partial charge in [0.2, 0.25) is 0 Å². The minimum Gasteiger partial charge on any atom is -0.359 e. The molecular formula is C15H18N6S. The third-order valence-electron chi connectivity index (χ3n) is 4.79. The summed E-state index contributed by atoms with van der Waals surface area (Å²) in [6.07, 6.45) is 6.97. The Morgan fingerprint density at radius 2 is 2.05 bits per heavy atom. The van der Waals surface area contributed by atoms with Gasteiger partial charge in [0.15, 0.2) is 5.11 Å². The van der Waals surface area contributed by atoms with Crippen molar-refractivity contribution in [3.63, 3.8) is 0 Å². The lowest BCUT2D eigenvalue weighted by Gasteiger charge is -2.24. The number of hydrogen-bond donors (Lipinski definition) is 2. The Hall–Kier alpha value is -2.02. The molecule has 2 saturated carbocycles. The second-order valence-corrected chi connectivity index (χ2v) is 6.59. The van der Waals surface area contributed by atoms with E-state index in [2.05, 4.69) is 26.2 Å². The van der Waals surface area contributed by atoms with E-state index in [1.807, 2.05) is 24.3 Å². The summed E-state index contributed by atoms with van der Waals surface area (Å²) in [5, 5.41) is 18.6. The maximum atomic E-state index is 5.44. The molecular weight excluding hydrogens is 296 g/mol. The molecule has 1 heterocycles. The van der Waals surface area contributed by atoms with Crippen LogP contribution in [0.2, 0.25) is 0 Å². The zero-order valence-corrected chi connectivity index (χ0v) is 13.0. The van der Waals surface area contributed by atoms with E-state index in [1.54, 1.807) is 11.0 Å². The van der Waals surface area contributed by atoms with E-state index < -0.39 is 0 Å². The van der Waals surface area contributed by atoms with Crippen LogP contribution in [0.3, 0.4) is 0 Å². The van der Waals surface area contributed by atoms with Crippen LogP contribution in [-0.4, -0.2) is 31.4 Å². The Bertz CT molecular complexity index is 653. The molecule has 0 radical (unpaired) electrons. The van der Waals surface area contributed by atoms with Crippen LogP contribution in [0.4, 0.5) is 5.69 Å². The van der Waals surface area contributed by atoms with Crippen LogP contribution < -0.4 is 10.6 Å². The molecule has 2 aliphatic rings. The molecule has 2 aromatic rings. The number of rotatable bonds is 3. The summed E-state index contributed by atoms with van der Waals surface area (Å²) in [7, 11) is 0. The van der Waals surface area contributed by atoms with E-state index in [-0.39, 0.29) is 0 Å². The van der Waals surface area contributed by atoms with Crippen molar-refractivity contribution in [2.75, 3.05) is 5.32 Å². The molecule has 0 unspecified atom stereocenters. The number of nitrogens with zero attached hydrogens (tertiary/aromatic N) is 4. The van der Waals surface area contributed by atoms with Crippen LogP contribution in [-0.2, 0) is 0 Å². The van der Waals surface area contributed by atoms with Crippen LogP contribution in [0.1, 0.15) is 25.7 Å². The lowest BCUT2D eigenvalue weighted by atomic mass is 9.96. The van der Waals surface area contributed by atoms with Crippen molar-refractivity contribution in [3.8, 4) is 5.69 Å². The van der Waals surface area contributed by atoms with Crippen molar-refractivity contribution < 1.29 is 0 Å². The van der Waals surface area contributed by atoms with Crippen molar-refractivity contribution in [3.05, 3.63) is 30.6 Å². The Labute approximate surface area is 134 Å². The van der Waals surface area contributed by atoms with Gasteiger partial charge in [-0.1, -0.05) is 6.42 Å². The lowest BCUT2D eigenvalue weighted by molar-refractivity contribution is 0.392. The van der Waals surface area contributed by atoms with Gasteiger partial charge in [0.05, 0.1) is 5.69 Å². The highest BCUT2D eigenvalue weighted by atomic mass is 32.1. The smallest absolute Gasteiger partial charge is 0.171 e. The minimum atomic E-state index is 0.555. The highest BCUT2D eigenvalue weighted by Gasteiger charge is 2.39. The summed E-state index contributed by atoms with van der Waals surface area (Å²) < 4.78 is 1.62. The standard InChI is InChI=1S/C15H18N6S/c22-15(18-14-8-10-1-2-11(14)7-10)17-12-3-5-13(6-4-12)21-9-16-19-20-21/h3-6,9-11,14H,1-2,7-8H2,(H2,17,18,22)/t10-,11+,14+/m0/s1. The van der Waals surface area contributed by atoms with Gasteiger partial charge in [-0.2, -0.15) is 0 Å². The highest BCUT2D eigenvalue weighted by Crippen LogP contribution is 2.44. The molecule has 7 heteroatoms. The van der Waals surface area contributed by atoms with Gasteiger partial charge >= 0.3 is 0 Å².